The Labute approximate surface area is 109 Å². The zero-order valence-corrected chi connectivity index (χ0v) is 10.9. The van der Waals surface area contributed by atoms with Crippen LogP contribution in [-0.2, 0) is 13.0 Å². The number of hydrogen-bond donors (Lipinski definition) is 1. The first-order valence-corrected chi connectivity index (χ1v) is 6.58. The average molecular weight is 268 g/mol. The maximum Gasteiger partial charge on any atom is 0.130 e. The number of nitrogens with zero attached hydrogens (tertiary/aromatic N) is 1. The summed E-state index contributed by atoms with van der Waals surface area (Å²) in [6.45, 7) is 3.13. The maximum atomic E-state index is 13.3. The molecule has 1 aromatic carbocycles. The Morgan fingerprint density at radius 1 is 1.33 bits per heavy atom. The van der Waals surface area contributed by atoms with Crippen LogP contribution in [0.15, 0.2) is 23.7 Å². The van der Waals surface area contributed by atoms with Crippen LogP contribution in [0.4, 0.5) is 8.78 Å². The molecule has 1 N–H and O–H groups in total. The number of benzene rings is 1. The highest BCUT2D eigenvalue weighted by Crippen LogP contribution is 2.12. The van der Waals surface area contributed by atoms with Gasteiger partial charge in [0.2, 0.25) is 0 Å². The second kappa shape index (κ2) is 6.02. The molecule has 0 amide bonds. The Balaban J connectivity index is 1.80. The summed E-state index contributed by atoms with van der Waals surface area (Å²) in [5.74, 6) is -1.05. The van der Waals surface area contributed by atoms with E-state index in [1.807, 2.05) is 12.4 Å². The number of hydrogen-bond acceptors (Lipinski definition) is 3. The first kappa shape index (κ1) is 13.1. The number of halogens is 2. The molecule has 5 heteroatoms. The second-order valence-electron chi connectivity index (χ2n) is 4.02. The van der Waals surface area contributed by atoms with Crippen molar-refractivity contribution in [2.24, 2.45) is 0 Å². The van der Waals surface area contributed by atoms with E-state index in [4.69, 9.17) is 0 Å². The monoisotopic (exact) mass is 268 g/mol. The summed E-state index contributed by atoms with van der Waals surface area (Å²) in [5, 5.41) is 3.14. The van der Waals surface area contributed by atoms with E-state index in [9.17, 15) is 8.78 Å². The Morgan fingerprint density at radius 3 is 2.83 bits per heavy atom. The first-order chi connectivity index (χ1) is 8.66. The topological polar surface area (TPSA) is 24.9 Å². The zero-order chi connectivity index (χ0) is 13.0. The van der Waals surface area contributed by atoms with Crippen LogP contribution in [-0.4, -0.2) is 11.5 Å². The van der Waals surface area contributed by atoms with Gasteiger partial charge in [0, 0.05) is 29.6 Å². The maximum absolute atomic E-state index is 13.3. The van der Waals surface area contributed by atoms with Gasteiger partial charge in [-0.3, -0.25) is 0 Å². The number of thiazole rings is 1. The molecule has 0 bridgehead atoms. The van der Waals surface area contributed by atoms with Gasteiger partial charge in [0.1, 0.15) is 11.6 Å². The smallest absolute Gasteiger partial charge is 0.130 e. The molecule has 2 rings (SSSR count). The molecular formula is C13H14F2N2S. The van der Waals surface area contributed by atoms with Crippen LogP contribution < -0.4 is 5.32 Å². The minimum atomic E-state index is -0.545. The van der Waals surface area contributed by atoms with Gasteiger partial charge in [-0.05, 0) is 19.4 Å². The normalized spacial score (nSPS) is 10.8. The van der Waals surface area contributed by atoms with E-state index in [1.165, 1.54) is 17.0 Å². The Hall–Kier alpha value is -1.33. The third kappa shape index (κ3) is 3.34. The van der Waals surface area contributed by atoms with E-state index in [-0.39, 0.29) is 0 Å². The molecule has 96 valence electrons. The molecular weight excluding hydrogens is 254 g/mol. The molecule has 1 aromatic heterocycles. The first-order valence-electron chi connectivity index (χ1n) is 5.70. The van der Waals surface area contributed by atoms with E-state index >= 15 is 0 Å². The van der Waals surface area contributed by atoms with Crippen molar-refractivity contribution in [2.45, 2.75) is 19.9 Å². The Morgan fingerprint density at radius 2 is 2.17 bits per heavy atom. The highest BCUT2D eigenvalue weighted by Gasteiger charge is 2.04. The predicted molar refractivity (Wildman–Crippen MR) is 68.6 cm³/mol. The predicted octanol–water partition coefficient (Wildman–Crippen LogP) is 3.06. The molecule has 0 saturated heterocycles. The third-order valence-corrected chi connectivity index (χ3v) is 3.70. The van der Waals surface area contributed by atoms with Crippen LogP contribution >= 0.6 is 11.3 Å². The van der Waals surface area contributed by atoms with Crippen molar-refractivity contribution in [3.05, 3.63) is 51.5 Å². The lowest BCUT2D eigenvalue weighted by atomic mass is 10.2. The average Bonchev–Trinajstić information content (AvgIpc) is 2.73. The molecule has 0 fully saturated rings. The number of aromatic nitrogens is 1. The highest BCUT2D eigenvalue weighted by molar-refractivity contribution is 7.09. The number of nitrogens with one attached hydrogen (secondary N) is 1. The molecule has 2 nitrogen and oxygen atoms in total. The fraction of sp³-hybridized carbons (Fsp3) is 0.308. The van der Waals surface area contributed by atoms with Crippen LogP contribution in [0.2, 0.25) is 0 Å². The standard InChI is InChI=1S/C13H14F2N2S/c1-9-13(18-8-17-9)4-5-16-7-10-2-3-11(14)6-12(10)15/h2-3,6,8,16H,4-5,7H2,1H3. The lowest BCUT2D eigenvalue weighted by molar-refractivity contribution is 0.561. The summed E-state index contributed by atoms with van der Waals surface area (Å²) in [5.41, 5.74) is 3.36. The van der Waals surface area contributed by atoms with E-state index in [2.05, 4.69) is 10.3 Å². The highest BCUT2D eigenvalue weighted by atomic mass is 32.1. The van der Waals surface area contributed by atoms with Gasteiger partial charge in [-0.15, -0.1) is 11.3 Å². The van der Waals surface area contributed by atoms with Crippen LogP contribution in [0.1, 0.15) is 16.1 Å². The summed E-state index contributed by atoms with van der Waals surface area (Å²) in [6, 6.07) is 3.65. The Bertz CT molecular complexity index is 525. The fourth-order valence-corrected chi connectivity index (χ4v) is 2.44. The molecule has 0 atom stereocenters. The molecule has 18 heavy (non-hydrogen) atoms. The molecule has 0 saturated carbocycles. The molecule has 0 unspecified atom stereocenters. The van der Waals surface area contributed by atoms with Crippen molar-refractivity contribution in [3.63, 3.8) is 0 Å². The van der Waals surface area contributed by atoms with Crippen molar-refractivity contribution >= 4 is 11.3 Å². The lowest BCUT2D eigenvalue weighted by Gasteiger charge is -2.05. The van der Waals surface area contributed by atoms with Gasteiger partial charge in [-0.25, -0.2) is 13.8 Å². The van der Waals surface area contributed by atoms with Gasteiger partial charge < -0.3 is 5.32 Å². The molecule has 0 spiro atoms. The number of aryl methyl sites for hydroxylation is 1. The van der Waals surface area contributed by atoms with E-state index in [0.29, 0.717) is 12.1 Å². The van der Waals surface area contributed by atoms with Crippen molar-refractivity contribution < 1.29 is 8.78 Å². The second-order valence-corrected chi connectivity index (χ2v) is 4.96. The molecule has 1 heterocycles. The van der Waals surface area contributed by atoms with Crippen molar-refractivity contribution in [1.29, 1.82) is 0 Å². The molecule has 2 aromatic rings. The van der Waals surface area contributed by atoms with Gasteiger partial charge in [0.05, 0.1) is 11.2 Å². The summed E-state index contributed by atoms with van der Waals surface area (Å²) in [4.78, 5) is 5.40. The van der Waals surface area contributed by atoms with Crippen molar-refractivity contribution in [1.82, 2.24) is 10.3 Å². The van der Waals surface area contributed by atoms with Crippen molar-refractivity contribution in [2.75, 3.05) is 6.54 Å². The van der Waals surface area contributed by atoms with Gasteiger partial charge in [0.15, 0.2) is 0 Å². The largest absolute Gasteiger partial charge is 0.312 e. The SMILES string of the molecule is Cc1ncsc1CCNCc1ccc(F)cc1F. The quantitative estimate of drug-likeness (QED) is 0.843. The summed E-state index contributed by atoms with van der Waals surface area (Å²) in [6.07, 6.45) is 0.874. The Kier molecular flexibility index (Phi) is 4.38. The molecule has 0 aliphatic carbocycles. The molecule has 0 radical (unpaired) electrons. The fourth-order valence-electron chi connectivity index (χ4n) is 1.66. The van der Waals surface area contributed by atoms with Crippen LogP contribution in [0.25, 0.3) is 0 Å². The van der Waals surface area contributed by atoms with Crippen LogP contribution in [0.3, 0.4) is 0 Å². The molecule has 0 aliphatic heterocycles. The van der Waals surface area contributed by atoms with E-state index < -0.39 is 11.6 Å². The van der Waals surface area contributed by atoms with Gasteiger partial charge in [-0.2, -0.15) is 0 Å². The summed E-state index contributed by atoms with van der Waals surface area (Å²) < 4.78 is 26.0. The van der Waals surface area contributed by atoms with Gasteiger partial charge in [-0.1, -0.05) is 6.07 Å². The van der Waals surface area contributed by atoms with E-state index in [1.54, 1.807) is 11.3 Å². The van der Waals surface area contributed by atoms with Crippen molar-refractivity contribution in [3.8, 4) is 0 Å². The van der Waals surface area contributed by atoms with Crippen LogP contribution in [0.5, 0.6) is 0 Å². The van der Waals surface area contributed by atoms with Crippen LogP contribution in [0, 0.1) is 18.6 Å². The van der Waals surface area contributed by atoms with Gasteiger partial charge >= 0.3 is 0 Å². The lowest BCUT2D eigenvalue weighted by Crippen LogP contribution is -2.17. The minimum Gasteiger partial charge on any atom is -0.312 e. The number of rotatable bonds is 5. The van der Waals surface area contributed by atoms with Gasteiger partial charge in [0.25, 0.3) is 0 Å². The minimum absolute atomic E-state index is 0.407. The zero-order valence-electron chi connectivity index (χ0n) is 10.0. The third-order valence-electron chi connectivity index (χ3n) is 2.70. The summed E-state index contributed by atoms with van der Waals surface area (Å²) in [7, 11) is 0. The van der Waals surface area contributed by atoms with E-state index in [0.717, 1.165) is 24.7 Å². The summed E-state index contributed by atoms with van der Waals surface area (Å²) >= 11 is 1.63. The molecule has 0 aliphatic rings.